The molecule has 124 valence electrons. The molecule has 24 heavy (non-hydrogen) atoms. The van der Waals surface area contributed by atoms with Crippen molar-refractivity contribution in [1.29, 1.82) is 0 Å². The molecule has 3 heterocycles. The number of fused-ring (bicyclic) bond motifs is 1. The Kier molecular flexibility index (Phi) is 3.74. The van der Waals surface area contributed by atoms with Crippen LogP contribution >= 0.6 is 0 Å². The summed E-state index contributed by atoms with van der Waals surface area (Å²) in [6.07, 6.45) is 0.164. The minimum atomic E-state index is -0.413. The molecule has 3 aromatic rings. The van der Waals surface area contributed by atoms with Gasteiger partial charge in [0, 0.05) is 17.6 Å². The third-order valence-corrected chi connectivity index (χ3v) is 4.39. The second kappa shape index (κ2) is 5.92. The molecule has 7 heteroatoms. The summed E-state index contributed by atoms with van der Waals surface area (Å²) in [6.45, 7) is 4.86. The van der Waals surface area contributed by atoms with Gasteiger partial charge >= 0.3 is 0 Å². The molecule has 0 saturated carbocycles. The maximum absolute atomic E-state index is 10.1. The predicted octanol–water partition coefficient (Wildman–Crippen LogP) is 1.94. The number of aryl methyl sites for hydroxylation is 2. The van der Waals surface area contributed by atoms with E-state index in [4.69, 9.17) is 4.52 Å². The van der Waals surface area contributed by atoms with Crippen LogP contribution in [0.25, 0.3) is 10.9 Å². The molecule has 7 nitrogen and oxygen atoms in total. The van der Waals surface area contributed by atoms with Gasteiger partial charge in [-0.25, -0.2) is 9.97 Å². The fraction of sp³-hybridized carbons (Fsp3) is 0.412. The second-order valence-electron chi connectivity index (χ2n) is 6.26. The molecule has 1 fully saturated rings. The van der Waals surface area contributed by atoms with Crippen molar-refractivity contribution in [2.45, 2.75) is 39.0 Å². The summed E-state index contributed by atoms with van der Waals surface area (Å²) in [5.74, 6) is 1.88. The molecule has 0 aliphatic carbocycles. The van der Waals surface area contributed by atoms with E-state index in [0.29, 0.717) is 31.2 Å². The van der Waals surface area contributed by atoms with Gasteiger partial charge in [-0.15, -0.1) is 0 Å². The lowest BCUT2D eigenvalue weighted by atomic mass is 10.2. The molecule has 1 aliphatic rings. The topological polar surface area (TPSA) is 88.2 Å². The van der Waals surface area contributed by atoms with E-state index < -0.39 is 6.10 Å². The lowest BCUT2D eigenvalue weighted by Gasteiger charge is -2.20. The SMILES string of the molecule is Cc1noc([C@H]2C[C@@H](O)CN2Cc2nc(C)c3ccccc3n2)n1. The Labute approximate surface area is 139 Å². The largest absolute Gasteiger partial charge is 0.392 e. The molecular weight excluding hydrogens is 306 g/mol. The van der Waals surface area contributed by atoms with E-state index in [-0.39, 0.29) is 6.04 Å². The van der Waals surface area contributed by atoms with Crippen molar-refractivity contribution in [3.63, 3.8) is 0 Å². The maximum Gasteiger partial charge on any atom is 0.244 e. The highest BCUT2D eigenvalue weighted by Gasteiger charge is 2.36. The van der Waals surface area contributed by atoms with Gasteiger partial charge in [-0.2, -0.15) is 4.98 Å². The quantitative estimate of drug-likeness (QED) is 0.787. The van der Waals surface area contributed by atoms with Crippen LogP contribution in [0.4, 0.5) is 0 Å². The summed E-state index contributed by atoms with van der Waals surface area (Å²) < 4.78 is 5.30. The number of aliphatic hydroxyl groups excluding tert-OH is 1. The molecule has 0 spiro atoms. The molecule has 0 radical (unpaired) electrons. The summed E-state index contributed by atoms with van der Waals surface area (Å²) in [4.78, 5) is 15.7. The first-order valence-electron chi connectivity index (χ1n) is 8.05. The van der Waals surface area contributed by atoms with E-state index in [1.807, 2.05) is 31.2 Å². The Hall–Kier alpha value is -2.38. The minimum Gasteiger partial charge on any atom is -0.392 e. The van der Waals surface area contributed by atoms with E-state index >= 15 is 0 Å². The van der Waals surface area contributed by atoms with Crippen LogP contribution in [0.15, 0.2) is 28.8 Å². The van der Waals surface area contributed by atoms with Crippen molar-refractivity contribution in [3.05, 3.63) is 47.5 Å². The molecule has 1 aliphatic heterocycles. The first-order chi connectivity index (χ1) is 11.6. The number of hydrogen-bond acceptors (Lipinski definition) is 7. The van der Waals surface area contributed by atoms with Crippen LogP contribution in [0, 0.1) is 13.8 Å². The van der Waals surface area contributed by atoms with Crippen LogP contribution in [0.5, 0.6) is 0 Å². The van der Waals surface area contributed by atoms with Gasteiger partial charge in [0.05, 0.1) is 24.2 Å². The van der Waals surface area contributed by atoms with E-state index in [0.717, 1.165) is 22.4 Å². The summed E-state index contributed by atoms with van der Waals surface area (Å²) in [7, 11) is 0. The second-order valence-corrected chi connectivity index (χ2v) is 6.26. The molecule has 4 rings (SSSR count). The van der Waals surface area contributed by atoms with Gasteiger partial charge in [-0.1, -0.05) is 23.4 Å². The normalized spacial score (nSPS) is 21.6. The van der Waals surface area contributed by atoms with Crippen LogP contribution in [0.2, 0.25) is 0 Å². The van der Waals surface area contributed by atoms with Crippen LogP contribution in [0.1, 0.15) is 35.7 Å². The number of benzene rings is 1. The van der Waals surface area contributed by atoms with Crippen LogP contribution < -0.4 is 0 Å². The van der Waals surface area contributed by atoms with E-state index in [1.165, 1.54) is 0 Å². The summed E-state index contributed by atoms with van der Waals surface area (Å²) in [5, 5.41) is 15.0. The first kappa shape index (κ1) is 15.2. The zero-order chi connectivity index (χ0) is 16.7. The third-order valence-electron chi connectivity index (χ3n) is 4.39. The summed E-state index contributed by atoms with van der Waals surface area (Å²) in [6, 6.07) is 7.88. The van der Waals surface area contributed by atoms with E-state index in [1.54, 1.807) is 6.92 Å². The summed E-state index contributed by atoms with van der Waals surface area (Å²) >= 11 is 0. The van der Waals surface area contributed by atoms with Crippen molar-refractivity contribution in [2.24, 2.45) is 0 Å². The Bertz CT molecular complexity index is 878. The average Bonchev–Trinajstić information content (AvgIpc) is 3.13. The minimum absolute atomic E-state index is 0.100. The van der Waals surface area contributed by atoms with E-state index in [9.17, 15) is 5.11 Å². The van der Waals surface area contributed by atoms with Gasteiger partial charge in [0.25, 0.3) is 0 Å². The molecule has 1 N–H and O–H groups in total. The maximum atomic E-state index is 10.1. The van der Waals surface area contributed by atoms with Gasteiger partial charge in [0.2, 0.25) is 5.89 Å². The number of aliphatic hydroxyl groups is 1. The van der Waals surface area contributed by atoms with Gasteiger partial charge in [0.15, 0.2) is 5.82 Å². The highest BCUT2D eigenvalue weighted by molar-refractivity contribution is 5.80. The molecule has 0 amide bonds. The Morgan fingerprint density at radius 3 is 2.83 bits per heavy atom. The number of nitrogens with zero attached hydrogens (tertiary/aromatic N) is 5. The van der Waals surface area contributed by atoms with Crippen molar-refractivity contribution < 1.29 is 9.63 Å². The summed E-state index contributed by atoms with van der Waals surface area (Å²) in [5.41, 5.74) is 1.89. The van der Waals surface area contributed by atoms with Crippen LogP contribution in [0.3, 0.4) is 0 Å². The lowest BCUT2D eigenvalue weighted by molar-refractivity contribution is 0.167. The first-order valence-corrected chi connectivity index (χ1v) is 8.05. The average molecular weight is 325 g/mol. The highest BCUT2D eigenvalue weighted by Crippen LogP contribution is 2.32. The van der Waals surface area contributed by atoms with Gasteiger partial charge in [0.1, 0.15) is 5.82 Å². The van der Waals surface area contributed by atoms with Crippen LogP contribution in [-0.2, 0) is 6.54 Å². The zero-order valence-corrected chi connectivity index (χ0v) is 13.7. The molecule has 1 aromatic carbocycles. The molecule has 1 saturated heterocycles. The number of rotatable bonds is 3. The molecule has 2 aromatic heterocycles. The van der Waals surface area contributed by atoms with Crippen LogP contribution in [-0.4, -0.2) is 42.8 Å². The monoisotopic (exact) mass is 325 g/mol. The van der Waals surface area contributed by atoms with Gasteiger partial charge < -0.3 is 9.63 Å². The van der Waals surface area contributed by atoms with Gasteiger partial charge in [-0.3, -0.25) is 4.90 Å². The molecule has 2 atom stereocenters. The highest BCUT2D eigenvalue weighted by atomic mass is 16.5. The Morgan fingerprint density at radius 2 is 2.04 bits per heavy atom. The van der Waals surface area contributed by atoms with Gasteiger partial charge in [-0.05, 0) is 26.3 Å². The van der Waals surface area contributed by atoms with Crippen molar-refractivity contribution in [1.82, 2.24) is 25.0 Å². The predicted molar refractivity (Wildman–Crippen MR) is 87.1 cm³/mol. The molecule has 0 bridgehead atoms. The van der Waals surface area contributed by atoms with Crippen molar-refractivity contribution in [3.8, 4) is 0 Å². The Balaban J connectivity index is 1.63. The number of para-hydroxylation sites is 1. The third kappa shape index (κ3) is 2.76. The zero-order valence-electron chi connectivity index (χ0n) is 13.7. The number of β-amino-alcohol motifs (C(OH)–C–C–N with tert-alkyl or cyclic N) is 1. The number of aromatic nitrogens is 4. The molecular formula is C17H19N5O2. The van der Waals surface area contributed by atoms with Crippen molar-refractivity contribution >= 4 is 10.9 Å². The van der Waals surface area contributed by atoms with E-state index in [2.05, 4.69) is 25.0 Å². The lowest BCUT2D eigenvalue weighted by Crippen LogP contribution is -2.25. The standard InChI is InChI=1S/C17H19N5O2/c1-10-13-5-3-4-6-14(13)20-16(18-10)9-22-8-12(23)7-15(22)17-19-11(2)21-24-17/h3-6,12,15,23H,7-9H2,1-2H3/t12-,15-/m1/s1. The molecule has 0 unspecified atom stereocenters. The number of hydrogen-bond donors (Lipinski definition) is 1. The number of likely N-dealkylation sites (tertiary alicyclic amines) is 1. The Morgan fingerprint density at radius 1 is 1.21 bits per heavy atom. The van der Waals surface area contributed by atoms with Crippen molar-refractivity contribution in [2.75, 3.05) is 6.54 Å². The fourth-order valence-electron chi connectivity index (χ4n) is 3.31. The fourth-order valence-corrected chi connectivity index (χ4v) is 3.31. The smallest absolute Gasteiger partial charge is 0.244 e.